The van der Waals surface area contributed by atoms with Crippen molar-refractivity contribution in [1.82, 2.24) is 9.88 Å². The van der Waals surface area contributed by atoms with E-state index in [1.165, 1.54) is 51.8 Å². The van der Waals surface area contributed by atoms with Gasteiger partial charge < -0.3 is 0 Å². The van der Waals surface area contributed by atoms with Crippen molar-refractivity contribution in [2.75, 3.05) is 13.1 Å². The first-order chi connectivity index (χ1) is 12.8. The van der Waals surface area contributed by atoms with Crippen molar-refractivity contribution in [3.05, 3.63) is 75.6 Å². The van der Waals surface area contributed by atoms with Crippen LogP contribution < -0.4 is 0 Å². The van der Waals surface area contributed by atoms with Gasteiger partial charge in [0.15, 0.2) is 0 Å². The molecule has 0 saturated carbocycles. The van der Waals surface area contributed by atoms with Crippen LogP contribution in [-0.4, -0.2) is 23.0 Å². The van der Waals surface area contributed by atoms with Gasteiger partial charge in [-0.1, -0.05) is 54.6 Å². The van der Waals surface area contributed by atoms with E-state index >= 15 is 0 Å². The molecule has 2 aromatic carbocycles. The SMILES string of the molecule is C[C@H](c1ccccc1)N1CC[C@@H](Cc2nc3c(s2)Cc2ccccc2-3)C1. The molecule has 0 unspecified atom stereocenters. The van der Waals surface area contributed by atoms with Crippen LogP contribution in [0.1, 0.15) is 40.4 Å². The molecule has 1 aliphatic heterocycles. The monoisotopic (exact) mass is 360 g/mol. The minimum atomic E-state index is 0.509. The minimum Gasteiger partial charge on any atom is -0.296 e. The van der Waals surface area contributed by atoms with Crippen LogP contribution in [0.4, 0.5) is 0 Å². The summed E-state index contributed by atoms with van der Waals surface area (Å²) in [5, 5.41) is 1.34. The lowest BCUT2D eigenvalue weighted by Gasteiger charge is -2.24. The fourth-order valence-corrected chi connectivity index (χ4v) is 5.69. The highest BCUT2D eigenvalue weighted by Gasteiger charge is 2.29. The highest BCUT2D eigenvalue weighted by molar-refractivity contribution is 7.12. The number of benzene rings is 2. The van der Waals surface area contributed by atoms with Crippen molar-refractivity contribution in [3.8, 4) is 11.3 Å². The van der Waals surface area contributed by atoms with Crippen LogP contribution in [0.15, 0.2) is 54.6 Å². The first-order valence-corrected chi connectivity index (χ1v) is 10.5. The molecule has 3 heteroatoms. The molecule has 0 N–H and O–H groups in total. The van der Waals surface area contributed by atoms with Crippen molar-refractivity contribution in [1.29, 1.82) is 0 Å². The van der Waals surface area contributed by atoms with Crippen LogP contribution in [0.2, 0.25) is 0 Å². The smallest absolute Gasteiger partial charge is 0.0938 e. The van der Waals surface area contributed by atoms with E-state index < -0.39 is 0 Å². The highest BCUT2D eigenvalue weighted by atomic mass is 32.1. The Balaban J connectivity index is 1.27. The predicted octanol–water partition coefficient (Wildman–Crippen LogP) is 5.34. The highest BCUT2D eigenvalue weighted by Crippen LogP contribution is 2.40. The Morgan fingerprint density at radius 1 is 1.12 bits per heavy atom. The Bertz CT molecular complexity index is 915. The van der Waals surface area contributed by atoms with Crippen molar-refractivity contribution < 1.29 is 0 Å². The van der Waals surface area contributed by atoms with Gasteiger partial charge in [-0.2, -0.15) is 0 Å². The normalized spacial score (nSPS) is 20.1. The second-order valence-corrected chi connectivity index (χ2v) is 8.82. The predicted molar refractivity (Wildman–Crippen MR) is 109 cm³/mol. The maximum Gasteiger partial charge on any atom is 0.0938 e. The van der Waals surface area contributed by atoms with Gasteiger partial charge in [-0.15, -0.1) is 11.3 Å². The molecule has 0 spiro atoms. The average Bonchev–Trinajstić information content (AvgIpc) is 3.37. The van der Waals surface area contributed by atoms with Crippen LogP contribution in [-0.2, 0) is 12.8 Å². The largest absolute Gasteiger partial charge is 0.296 e. The topological polar surface area (TPSA) is 16.1 Å². The number of hydrogen-bond donors (Lipinski definition) is 0. The zero-order valence-electron chi connectivity index (χ0n) is 15.2. The van der Waals surface area contributed by atoms with Gasteiger partial charge in [0, 0.05) is 35.9 Å². The van der Waals surface area contributed by atoms with Crippen molar-refractivity contribution in [2.45, 2.75) is 32.2 Å². The minimum absolute atomic E-state index is 0.509. The molecule has 2 nitrogen and oxygen atoms in total. The van der Waals surface area contributed by atoms with Crippen molar-refractivity contribution >= 4 is 11.3 Å². The number of fused-ring (bicyclic) bond motifs is 3. The van der Waals surface area contributed by atoms with Gasteiger partial charge in [0.25, 0.3) is 0 Å². The van der Waals surface area contributed by atoms with Gasteiger partial charge in [0.1, 0.15) is 0 Å². The summed E-state index contributed by atoms with van der Waals surface area (Å²) in [4.78, 5) is 9.13. The van der Waals surface area contributed by atoms with E-state index in [-0.39, 0.29) is 0 Å². The summed E-state index contributed by atoms with van der Waals surface area (Å²) in [6.07, 6.45) is 3.50. The molecule has 1 saturated heterocycles. The zero-order chi connectivity index (χ0) is 17.5. The number of likely N-dealkylation sites (tertiary alicyclic amines) is 1. The summed E-state index contributed by atoms with van der Waals surface area (Å²) in [5.74, 6) is 0.739. The third-order valence-corrected chi connectivity index (χ3v) is 7.05. The lowest BCUT2D eigenvalue weighted by atomic mass is 10.1. The lowest BCUT2D eigenvalue weighted by Crippen LogP contribution is -2.24. The maximum absolute atomic E-state index is 5.02. The van der Waals surface area contributed by atoms with Crippen LogP contribution in [0.5, 0.6) is 0 Å². The van der Waals surface area contributed by atoms with Crippen molar-refractivity contribution in [3.63, 3.8) is 0 Å². The molecule has 5 rings (SSSR count). The summed E-state index contributed by atoms with van der Waals surface area (Å²) in [7, 11) is 0. The van der Waals surface area contributed by atoms with Crippen LogP contribution in [0, 0.1) is 5.92 Å². The third kappa shape index (κ3) is 2.89. The number of hydrogen-bond acceptors (Lipinski definition) is 3. The maximum atomic E-state index is 5.02. The van der Waals surface area contributed by atoms with Gasteiger partial charge in [0.05, 0.1) is 10.7 Å². The molecule has 1 aliphatic carbocycles. The zero-order valence-corrected chi connectivity index (χ0v) is 16.0. The summed E-state index contributed by atoms with van der Waals surface area (Å²) in [6, 6.07) is 20.1. The Labute approximate surface area is 159 Å². The van der Waals surface area contributed by atoms with E-state index in [0.717, 1.165) is 18.8 Å². The summed E-state index contributed by atoms with van der Waals surface area (Å²) in [5.41, 5.74) is 5.48. The van der Waals surface area contributed by atoms with Crippen LogP contribution in [0.3, 0.4) is 0 Å². The van der Waals surface area contributed by atoms with Gasteiger partial charge in [0.2, 0.25) is 0 Å². The fraction of sp³-hybridized carbons (Fsp3) is 0.348. The standard InChI is InChI=1S/C23H24N2S/c1-16(18-7-3-2-4-8-18)25-12-11-17(15-25)13-22-24-23-20-10-6-5-9-19(20)14-21(23)26-22/h2-10,16-17H,11-15H2,1H3/t16-,17+/m1/s1. The van der Waals surface area contributed by atoms with Gasteiger partial charge in [-0.3, -0.25) is 4.90 Å². The van der Waals surface area contributed by atoms with Crippen LogP contribution in [0.25, 0.3) is 11.3 Å². The molecule has 26 heavy (non-hydrogen) atoms. The molecule has 132 valence electrons. The Kier molecular flexibility index (Phi) is 4.14. The van der Waals surface area contributed by atoms with Crippen molar-refractivity contribution in [2.24, 2.45) is 5.92 Å². The third-order valence-electron chi connectivity index (χ3n) is 5.98. The molecule has 2 aliphatic rings. The van der Waals surface area contributed by atoms with Crippen LogP contribution >= 0.6 is 11.3 Å². The molecular formula is C23H24N2S. The van der Waals surface area contributed by atoms with E-state index in [1.54, 1.807) is 0 Å². The molecule has 1 fully saturated rings. The Morgan fingerprint density at radius 2 is 1.92 bits per heavy atom. The average molecular weight is 361 g/mol. The molecule has 0 radical (unpaired) electrons. The van der Waals surface area contributed by atoms with E-state index in [9.17, 15) is 0 Å². The first-order valence-electron chi connectivity index (χ1n) is 9.64. The van der Waals surface area contributed by atoms with E-state index in [2.05, 4.69) is 66.4 Å². The molecule has 0 amide bonds. The molecular weight excluding hydrogens is 336 g/mol. The lowest BCUT2D eigenvalue weighted by molar-refractivity contribution is 0.252. The molecule has 2 atom stereocenters. The van der Waals surface area contributed by atoms with Gasteiger partial charge in [-0.05, 0) is 36.9 Å². The second-order valence-electron chi connectivity index (χ2n) is 7.65. The number of thiazole rings is 1. The molecule has 2 heterocycles. The summed E-state index contributed by atoms with van der Waals surface area (Å²) < 4.78 is 0. The van der Waals surface area contributed by atoms with Gasteiger partial charge in [-0.25, -0.2) is 4.98 Å². The quantitative estimate of drug-likeness (QED) is 0.488. The summed E-state index contributed by atoms with van der Waals surface area (Å²) >= 11 is 1.94. The Hall–Kier alpha value is -1.97. The molecule has 1 aromatic heterocycles. The first kappa shape index (κ1) is 16.2. The number of nitrogens with zero attached hydrogens (tertiary/aromatic N) is 2. The second kappa shape index (κ2) is 6.64. The number of aromatic nitrogens is 1. The molecule has 0 bridgehead atoms. The van der Waals surface area contributed by atoms with E-state index in [0.29, 0.717) is 6.04 Å². The summed E-state index contributed by atoms with van der Waals surface area (Å²) in [6.45, 7) is 4.73. The van der Waals surface area contributed by atoms with E-state index in [4.69, 9.17) is 4.98 Å². The molecule has 3 aromatic rings. The van der Waals surface area contributed by atoms with E-state index in [1.807, 2.05) is 11.3 Å². The fourth-order valence-electron chi connectivity index (χ4n) is 4.47. The Morgan fingerprint density at radius 3 is 2.81 bits per heavy atom. The van der Waals surface area contributed by atoms with Gasteiger partial charge >= 0.3 is 0 Å². The number of rotatable bonds is 4.